The second-order valence-electron chi connectivity index (χ2n) is 6.38. The maximum absolute atomic E-state index is 12.8. The molecule has 27 heavy (non-hydrogen) atoms. The van der Waals surface area contributed by atoms with Crippen molar-refractivity contribution in [2.24, 2.45) is 0 Å². The van der Waals surface area contributed by atoms with E-state index in [1.54, 1.807) is 6.33 Å². The summed E-state index contributed by atoms with van der Waals surface area (Å²) in [5.41, 5.74) is 4.93. The monoisotopic (exact) mass is 377 g/mol. The van der Waals surface area contributed by atoms with Gasteiger partial charge in [-0.25, -0.2) is 9.97 Å². The Balaban J connectivity index is 1.76. The molecule has 0 radical (unpaired) electrons. The Bertz CT molecular complexity index is 908. The Labute approximate surface area is 164 Å². The van der Waals surface area contributed by atoms with Crippen LogP contribution in [0.25, 0.3) is 11.3 Å². The third kappa shape index (κ3) is 4.74. The number of nitrogens with zero attached hydrogens (tertiary/aromatic N) is 2. The maximum Gasteiger partial charge on any atom is 0.237 e. The summed E-state index contributed by atoms with van der Waals surface area (Å²) in [6.07, 6.45) is 2.27. The van der Waals surface area contributed by atoms with E-state index in [4.69, 9.17) is 0 Å². The van der Waals surface area contributed by atoms with Crippen LogP contribution in [-0.4, -0.2) is 21.1 Å². The zero-order valence-electron chi connectivity index (χ0n) is 15.8. The van der Waals surface area contributed by atoms with Crippen molar-refractivity contribution >= 4 is 23.4 Å². The van der Waals surface area contributed by atoms with Crippen LogP contribution < -0.4 is 5.32 Å². The normalized spacial score (nSPS) is 11.8. The highest BCUT2D eigenvalue weighted by molar-refractivity contribution is 8.00. The maximum atomic E-state index is 12.8. The van der Waals surface area contributed by atoms with E-state index in [-0.39, 0.29) is 11.2 Å². The lowest BCUT2D eigenvalue weighted by Gasteiger charge is -2.17. The van der Waals surface area contributed by atoms with Gasteiger partial charge >= 0.3 is 0 Å². The summed E-state index contributed by atoms with van der Waals surface area (Å²) >= 11 is 1.47. The van der Waals surface area contributed by atoms with Gasteiger partial charge in [-0.05, 0) is 37.5 Å². The second-order valence-corrected chi connectivity index (χ2v) is 7.60. The molecule has 0 saturated carbocycles. The van der Waals surface area contributed by atoms with Crippen LogP contribution in [0.2, 0.25) is 0 Å². The minimum atomic E-state index is -0.220. The number of nitrogens with one attached hydrogen (secondary N) is 1. The molecular weight excluding hydrogens is 354 g/mol. The molecular formula is C22H23N3OS. The van der Waals surface area contributed by atoms with E-state index in [1.807, 2.05) is 75.4 Å². The average Bonchev–Trinajstić information content (AvgIpc) is 2.70. The number of hydrogen-bond acceptors (Lipinski definition) is 4. The molecule has 1 amide bonds. The molecule has 0 saturated heterocycles. The summed E-state index contributed by atoms with van der Waals surface area (Å²) in [6.45, 7) is 6.03. The quantitative estimate of drug-likeness (QED) is 0.470. The standard InChI is InChI=1S/C22H23N3OS/c1-4-19(22(26)25-21-15(2)9-8-10-16(21)3)27-20-13-18(23-14-24-20)17-11-6-5-7-12-17/h5-14,19H,4H2,1-3H3,(H,25,26). The van der Waals surface area contributed by atoms with Gasteiger partial charge in [0.1, 0.15) is 11.4 Å². The Hall–Kier alpha value is -2.66. The predicted molar refractivity (Wildman–Crippen MR) is 112 cm³/mol. The fourth-order valence-electron chi connectivity index (χ4n) is 2.85. The Morgan fingerprint density at radius 1 is 1.04 bits per heavy atom. The van der Waals surface area contributed by atoms with Crippen molar-refractivity contribution in [2.75, 3.05) is 5.32 Å². The van der Waals surface area contributed by atoms with Crippen molar-refractivity contribution in [3.05, 3.63) is 72.1 Å². The van der Waals surface area contributed by atoms with Crippen LogP contribution >= 0.6 is 11.8 Å². The van der Waals surface area contributed by atoms with E-state index in [1.165, 1.54) is 11.8 Å². The van der Waals surface area contributed by atoms with Gasteiger partial charge in [0.25, 0.3) is 0 Å². The van der Waals surface area contributed by atoms with Gasteiger partial charge in [0, 0.05) is 11.3 Å². The van der Waals surface area contributed by atoms with E-state index < -0.39 is 0 Å². The summed E-state index contributed by atoms with van der Waals surface area (Å²) in [4.78, 5) is 21.5. The minimum absolute atomic E-state index is 0.000210. The summed E-state index contributed by atoms with van der Waals surface area (Å²) in [7, 11) is 0. The number of rotatable bonds is 6. The van der Waals surface area contributed by atoms with Crippen LogP contribution in [0.4, 0.5) is 5.69 Å². The highest BCUT2D eigenvalue weighted by Gasteiger charge is 2.20. The molecule has 1 aromatic heterocycles. The van der Waals surface area contributed by atoms with Crippen molar-refractivity contribution in [1.82, 2.24) is 9.97 Å². The van der Waals surface area contributed by atoms with Gasteiger partial charge in [-0.2, -0.15) is 0 Å². The first-order valence-corrected chi connectivity index (χ1v) is 9.87. The first-order valence-electron chi connectivity index (χ1n) is 8.99. The largest absolute Gasteiger partial charge is 0.325 e. The predicted octanol–water partition coefficient (Wildman–Crippen LogP) is 5.27. The number of carbonyl (C=O) groups excluding carboxylic acids is 1. The smallest absolute Gasteiger partial charge is 0.237 e. The molecule has 0 aliphatic heterocycles. The molecule has 138 valence electrons. The highest BCUT2D eigenvalue weighted by atomic mass is 32.2. The van der Waals surface area contributed by atoms with E-state index in [9.17, 15) is 4.79 Å². The second kappa shape index (κ2) is 8.82. The molecule has 1 atom stereocenters. The lowest BCUT2D eigenvalue weighted by molar-refractivity contribution is -0.115. The molecule has 1 N–H and O–H groups in total. The van der Waals surface area contributed by atoms with Gasteiger partial charge in [0.15, 0.2) is 0 Å². The van der Waals surface area contributed by atoms with E-state index >= 15 is 0 Å². The highest BCUT2D eigenvalue weighted by Crippen LogP contribution is 2.28. The molecule has 0 fully saturated rings. The van der Waals surface area contributed by atoms with Gasteiger partial charge in [-0.1, -0.05) is 67.2 Å². The third-order valence-electron chi connectivity index (χ3n) is 4.37. The SMILES string of the molecule is CCC(Sc1cc(-c2ccccc2)ncn1)C(=O)Nc1c(C)cccc1C. The van der Waals surface area contributed by atoms with Crippen LogP contribution in [0, 0.1) is 13.8 Å². The summed E-state index contributed by atoms with van der Waals surface area (Å²) in [5.74, 6) is -0.000210. The van der Waals surface area contributed by atoms with Gasteiger partial charge in [-0.15, -0.1) is 0 Å². The fourth-order valence-corrected chi connectivity index (χ4v) is 3.77. The number of thioether (sulfide) groups is 1. The number of aromatic nitrogens is 2. The zero-order chi connectivity index (χ0) is 19.2. The molecule has 1 unspecified atom stereocenters. The fraction of sp³-hybridized carbons (Fsp3) is 0.227. The van der Waals surface area contributed by atoms with Crippen LogP contribution in [0.15, 0.2) is 66.0 Å². The molecule has 3 aromatic rings. The van der Waals surface area contributed by atoms with E-state index in [0.717, 1.165) is 33.1 Å². The minimum Gasteiger partial charge on any atom is -0.325 e. The van der Waals surface area contributed by atoms with Crippen LogP contribution in [0.5, 0.6) is 0 Å². The number of anilines is 1. The molecule has 5 heteroatoms. The van der Waals surface area contributed by atoms with Crippen molar-refractivity contribution in [3.63, 3.8) is 0 Å². The first-order chi connectivity index (χ1) is 13.1. The summed E-state index contributed by atoms with van der Waals surface area (Å²) < 4.78 is 0. The molecule has 0 spiro atoms. The molecule has 0 aliphatic carbocycles. The number of aryl methyl sites for hydroxylation is 2. The van der Waals surface area contributed by atoms with Crippen molar-refractivity contribution in [3.8, 4) is 11.3 Å². The molecule has 2 aromatic carbocycles. The van der Waals surface area contributed by atoms with Gasteiger partial charge in [0.2, 0.25) is 5.91 Å². The van der Waals surface area contributed by atoms with E-state index in [2.05, 4.69) is 15.3 Å². The zero-order valence-corrected chi connectivity index (χ0v) is 16.6. The van der Waals surface area contributed by atoms with Crippen molar-refractivity contribution in [2.45, 2.75) is 37.5 Å². The van der Waals surface area contributed by atoms with Crippen molar-refractivity contribution in [1.29, 1.82) is 0 Å². The number of benzene rings is 2. The average molecular weight is 378 g/mol. The van der Waals surface area contributed by atoms with Crippen LogP contribution in [0.1, 0.15) is 24.5 Å². The Kier molecular flexibility index (Phi) is 6.24. The first kappa shape index (κ1) is 19.1. The van der Waals surface area contributed by atoms with Gasteiger partial charge < -0.3 is 5.32 Å². The number of hydrogen-bond donors (Lipinski definition) is 1. The molecule has 0 bridgehead atoms. The Morgan fingerprint density at radius 3 is 2.41 bits per heavy atom. The number of carbonyl (C=O) groups is 1. The van der Waals surface area contributed by atoms with Crippen molar-refractivity contribution < 1.29 is 4.79 Å². The topological polar surface area (TPSA) is 54.9 Å². The number of para-hydroxylation sites is 1. The summed E-state index contributed by atoms with van der Waals surface area (Å²) in [5, 5.41) is 3.67. The molecule has 0 aliphatic rings. The molecule has 4 nitrogen and oxygen atoms in total. The van der Waals surface area contributed by atoms with Crippen LogP contribution in [0.3, 0.4) is 0 Å². The summed E-state index contributed by atoms with van der Waals surface area (Å²) in [6, 6.07) is 17.9. The molecule has 1 heterocycles. The third-order valence-corrected chi connectivity index (χ3v) is 5.66. The molecule has 3 rings (SSSR count). The van der Waals surface area contributed by atoms with Gasteiger partial charge in [-0.3, -0.25) is 4.79 Å². The van der Waals surface area contributed by atoms with Crippen LogP contribution in [-0.2, 0) is 4.79 Å². The van der Waals surface area contributed by atoms with E-state index in [0.29, 0.717) is 6.42 Å². The lowest BCUT2D eigenvalue weighted by atomic mass is 10.1. The Morgan fingerprint density at radius 2 is 1.74 bits per heavy atom. The lowest BCUT2D eigenvalue weighted by Crippen LogP contribution is -2.25. The number of amides is 1. The van der Waals surface area contributed by atoms with Gasteiger partial charge in [0.05, 0.1) is 10.9 Å².